The Morgan fingerprint density at radius 3 is 2.29 bits per heavy atom. The highest BCUT2D eigenvalue weighted by Gasteiger charge is 2.45. The highest BCUT2D eigenvalue weighted by atomic mass is 32.2. The average molecular weight is 411 g/mol. The van der Waals surface area contributed by atoms with Crippen molar-refractivity contribution in [2.75, 3.05) is 13.1 Å². The summed E-state index contributed by atoms with van der Waals surface area (Å²) in [6.45, 7) is 10.9. The van der Waals surface area contributed by atoms with Gasteiger partial charge in [0.15, 0.2) is 0 Å². The third-order valence-corrected chi connectivity index (χ3v) is 6.61. The van der Waals surface area contributed by atoms with Crippen LogP contribution in [-0.4, -0.2) is 54.4 Å². The van der Waals surface area contributed by atoms with Gasteiger partial charge in [0.1, 0.15) is 11.6 Å². The van der Waals surface area contributed by atoms with Crippen LogP contribution in [0.15, 0.2) is 29.2 Å². The van der Waals surface area contributed by atoms with Gasteiger partial charge in [-0.2, -0.15) is 0 Å². The lowest BCUT2D eigenvalue weighted by Gasteiger charge is -2.42. The van der Waals surface area contributed by atoms with E-state index in [1.165, 1.54) is 17.0 Å². The summed E-state index contributed by atoms with van der Waals surface area (Å²) in [7, 11) is -3.98. The molecule has 1 heterocycles. The molecule has 1 aromatic rings. The molecule has 2 atom stereocenters. The first-order chi connectivity index (χ1) is 12.9. The summed E-state index contributed by atoms with van der Waals surface area (Å²) < 4.78 is 32.4. The van der Waals surface area contributed by atoms with Crippen molar-refractivity contribution in [1.82, 2.24) is 9.21 Å². The zero-order valence-electron chi connectivity index (χ0n) is 17.4. The molecule has 1 unspecified atom stereocenters. The highest BCUT2D eigenvalue weighted by molar-refractivity contribution is 7.89. The van der Waals surface area contributed by atoms with E-state index in [0.29, 0.717) is 6.42 Å². The third kappa shape index (κ3) is 4.66. The number of carbonyl (C=O) groups excluding carboxylic acids is 2. The van der Waals surface area contributed by atoms with E-state index in [0.717, 1.165) is 9.87 Å². The lowest BCUT2D eigenvalue weighted by Crippen LogP contribution is -2.62. The Balaban J connectivity index is 2.36. The summed E-state index contributed by atoms with van der Waals surface area (Å²) in [5, 5.41) is 0. The van der Waals surface area contributed by atoms with Crippen molar-refractivity contribution in [2.45, 2.75) is 64.5 Å². The Labute approximate surface area is 167 Å². The van der Waals surface area contributed by atoms with Gasteiger partial charge >= 0.3 is 6.09 Å². The molecule has 1 aromatic carbocycles. The zero-order valence-corrected chi connectivity index (χ0v) is 18.2. The van der Waals surface area contributed by atoms with E-state index >= 15 is 0 Å². The zero-order chi connectivity index (χ0) is 21.3. The van der Waals surface area contributed by atoms with Gasteiger partial charge in [-0.15, -0.1) is 0 Å². The van der Waals surface area contributed by atoms with Crippen LogP contribution in [0.4, 0.5) is 4.79 Å². The molecule has 1 saturated heterocycles. The first-order valence-electron chi connectivity index (χ1n) is 9.51. The van der Waals surface area contributed by atoms with Crippen LogP contribution < -0.4 is 0 Å². The quantitative estimate of drug-likeness (QED) is 0.761. The Kier molecular flexibility index (Phi) is 6.43. The van der Waals surface area contributed by atoms with E-state index in [-0.39, 0.29) is 23.9 Å². The molecule has 1 fully saturated rings. The summed E-state index contributed by atoms with van der Waals surface area (Å²) in [5.41, 5.74) is 0.225. The minimum Gasteiger partial charge on any atom is -0.444 e. The molecule has 0 aliphatic carbocycles. The number of sulfonamides is 1. The number of hydrogen-bond acceptors (Lipinski definition) is 5. The largest absolute Gasteiger partial charge is 0.444 e. The van der Waals surface area contributed by atoms with Gasteiger partial charge in [-0.05, 0) is 45.7 Å². The van der Waals surface area contributed by atoms with Crippen LogP contribution in [0.3, 0.4) is 0 Å². The smallest absolute Gasteiger partial charge is 0.411 e. The van der Waals surface area contributed by atoms with Crippen LogP contribution in [0.2, 0.25) is 0 Å². The van der Waals surface area contributed by atoms with Crippen LogP contribution in [0.5, 0.6) is 0 Å². The molecule has 0 spiro atoms. The molecule has 8 heteroatoms. The summed E-state index contributed by atoms with van der Waals surface area (Å²) in [6, 6.07) is 5.50. The monoisotopic (exact) mass is 410 g/mol. The number of amides is 2. The molecular weight excluding hydrogens is 380 g/mol. The fourth-order valence-electron chi connectivity index (χ4n) is 3.10. The Morgan fingerprint density at radius 2 is 1.79 bits per heavy atom. The second-order valence-corrected chi connectivity index (χ2v) is 10.1. The van der Waals surface area contributed by atoms with Crippen molar-refractivity contribution in [3.63, 3.8) is 0 Å². The SMILES string of the molecule is CCC(C)[C@H]1C(=O)N(S(=O)(=O)c2ccc(C)cc2)CCN1C(=O)OC(C)(C)C. The number of hydrogen-bond donors (Lipinski definition) is 0. The molecule has 2 rings (SSSR count). The van der Waals surface area contributed by atoms with Crippen LogP contribution >= 0.6 is 0 Å². The fourth-order valence-corrected chi connectivity index (χ4v) is 4.51. The number of rotatable bonds is 4. The van der Waals surface area contributed by atoms with Crippen molar-refractivity contribution in [2.24, 2.45) is 5.92 Å². The molecule has 0 radical (unpaired) electrons. The number of ether oxygens (including phenoxy) is 1. The van der Waals surface area contributed by atoms with Crippen molar-refractivity contribution < 1.29 is 22.7 Å². The van der Waals surface area contributed by atoms with E-state index in [4.69, 9.17) is 4.74 Å². The molecule has 156 valence electrons. The maximum absolute atomic E-state index is 13.2. The standard InChI is InChI=1S/C20H30N2O5S/c1-7-15(3)17-18(23)22(13-12-21(17)19(24)27-20(4,5)6)28(25,26)16-10-8-14(2)9-11-16/h8-11,15,17H,7,12-13H2,1-6H3/t15?,17-/m0/s1. The molecule has 1 aliphatic rings. The van der Waals surface area contributed by atoms with Crippen molar-refractivity contribution in [3.05, 3.63) is 29.8 Å². The summed E-state index contributed by atoms with van der Waals surface area (Å²) >= 11 is 0. The Bertz CT molecular complexity index is 827. The minimum atomic E-state index is -3.98. The molecule has 0 saturated carbocycles. The van der Waals surface area contributed by atoms with Gasteiger partial charge in [-0.25, -0.2) is 17.5 Å². The summed E-state index contributed by atoms with van der Waals surface area (Å²) in [5.74, 6) is -0.803. The third-order valence-electron chi connectivity index (χ3n) is 4.80. The van der Waals surface area contributed by atoms with Crippen LogP contribution in [0.1, 0.15) is 46.6 Å². The second kappa shape index (κ2) is 8.11. The van der Waals surface area contributed by atoms with E-state index in [1.807, 2.05) is 20.8 Å². The molecule has 0 N–H and O–H groups in total. The van der Waals surface area contributed by atoms with Crippen molar-refractivity contribution in [1.29, 1.82) is 0 Å². The lowest BCUT2D eigenvalue weighted by atomic mass is 9.95. The topological polar surface area (TPSA) is 84.0 Å². The molecule has 28 heavy (non-hydrogen) atoms. The highest BCUT2D eigenvalue weighted by Crippen LogP contribution is 2.27. The van der Waals surface area contributed by atoms with E-state index < -0.39 is 33.7 Å². The maximum atomic E-state index is 13.2. The summed E-state index contributed by atoms with van der Waals surface area (Å²) in [4.78, 5) is 27.3. The second-order valence-electron chi connectivity index (χ2n) is 8.23. The number of carbonyl (C=O) groups is 2. The molecule has 1 aliphatic heterocycles. The minimum absolute atomic E-state index is 0.0695. The lowest BCUT2D eigenvalue weighted by molar-refractivity contribution is -0.137. The van der Waals surface area contributed by atoms with Crippen molar-refractivity contribution in [3.8, 4) is 0 Å². The maximum Gasteiger partial charge on any atom is 0.411 e. The molecule has 7 nitrogen and oxygen atoms in total. The first kappa shape index (κ1) is 22.2. The first-order valence-corrected chi connectivity index (χ1v) is 11.0. The van der Waals surface area contributed by atoms with Gasteiger partial charge in [-0.3, -0.25) is 9.69 Å². The van der Waals surface area contributed by atoms with Gasteiger partial charge in [0, 0.05) is 6.54 Å². The van der Waals surface area contributed by atoms with Gasteiger partial charge in [0.25, 0.3) is 15.9 Å². The number of piperazine rings is 1. The predicted octanol–water partition coefficient (Wildman–Crippen LogP) is 3.18. The van der Waals surface area contributed by atoms with Gasteiger partial charge < -0.3 is 4.74 Å². The van der Waals surface area contributed by atoms with Crippen molar-refractivity contribution >= 4 is 22.0 Å². The van der Waals surface area contributed by atoms with Gasteiger partial charge in [0.05, 0.1) is 11.4 Å². The van der Waals surface area contributed by atoms with Gasteiger partial charge in [0.2, 0.25) is 0 Å². The number of aryl methyl sites for hydroxylation is 1. The van der Waals surface area contributed by atoms with Crippen LogP contribution in [0, 0.1) is 12.8 Å². The molecule has 2 amide bonds. The Morgan fingerprint density at radius 1 is 1.21 bits per heavy atom. The summed E-state index contributed by atoms with van der Waals surface area (Å²) in [6.07, 6.45) is 0.0206. The molecule has 0 bridgehead atoms. The average Bonchev–Trinajstić information content (AvgIpc) is 2.59. The molecule has 0 aromatic heterocycles. The van der Waals surface area contributed by atoms with Crippen LogP contribution in [0.25, 0.3) is 0 Å². The number of benzene rings is 1. The van der Waals surface area contributed by atoms with Crippen LogP contribution in [-0.2, 0) is 19.6 Å². The van der Waals surface area contributed by atoms with E-state index in [2.05, 4.69) is 0 Å². The van der Waals surface area contributed by atoms with Gasteiger partial charge in [-0.1, -0.05) is 38.0 Å². The number of nitrogens with zero attached hydrogens (tertiary/aromatic N) is 2. The van der Waals surface area contributed by atoms with E-state index in [1.54, 1.807) is 32.9 Å². The van der Waals surface area contributed by atoms with E-state index in [9.17, 15) is 18.0 Å². The fraction of sp³-hybridized carbons (Fsp3) is 0.600. The Hall–Kier alpha value is -2.09. The molecular formula is C20H30N2O5S. The predicted molar refractivity (Wildman–Crippen MR) is 106 cm³/mol. The normalized spacial score (nSPS) is 19.5.